The van der Waals surface area contributed by atoms with Gasteiger partial charge in [0.1, 0.15) is 5.01 Å². The maximum absolute atomic E-state index is 11.3. The number of anilines is 1. The van der Waals surface area contributed by atoms with Crippen LogP contribution in [-0.2, 0) is 11.3 Å². The number of ether oxygens (including phenoxy) is 1. The Balaban J connectivity index is 1.33. The number of hydrogen-bond acceptors (Lipinski definition) is 5. The number of halogens is 1. The second-order valence-corrected chi connectivity index (χ2v) is 9.38. The third-order valence-corrected chi connectivity index (χ3v) is 6.98. The van der Waals surface area contributed by atoms with Gasteiger partial charge in [0.15, 0.2) is 0 Å². The molecule has 0 unspecified atom stereocenters. The van der Waals surface area contributed by atoms with Crippen LogP contribution in [0.4, 0.5) is 5.69 Å². The number of hydrogen-bond donors (Lipinski definition) is 1. The fourth-order valence-corrected chi connectivity index (χ4v) is 5.00. The van der Waals surface area contributed by atoms with Crippen LogP contribution in [0.25, 0.3) is 10.6 Å². The molecule has 5 nitrogen and oxygen atoms in total. The Bertz CT molecular complexity index is 1050. The maximum Gasteiger partial charge on any atom is 0.335 e. The summed E-state index contributed by atoms with van der Waals surface area (Å²) in [6.07, 6.45) is 2.19. The van der Waals surface area contributed by atoms with Crippen LogP contribution in [0.3, 0.4) is 0 Å². The van der Waals surface area contributed by atoms with Gasteiger partial charge < -0.3 is 14.7 Å². The number of carbonyl (C=O) groups is 1. The van der Waals surface area contributed by atoms with E-state index in [1.54, 1.807) is 23.5 Å². The average Bonchev–Trinajstić information content (AvgIpc) is 3.15. The van der Waals surface area contributed by atoms with Crippen molar-refractivity contribution in [1.29, 1.82) is 0 Å². The summed E-state index contributed by atoms with van der Waals surface area (Å²) in [4.78, 5) is 19.4. The van der Waals surface area contributed by atoms with Gasteiger partial charge in [0.05, 0.1) is 29.3 Å². The summed E-state index contributed by atoms with van der Waals surface area (Å²) in [5, 5.41) is 10.9. The zero-order valence-corrected chi connectivity index (χ0v) is 19.0. The van der Waals surface area contributed by atoms with E-state index in [9.17, 15) is 9.90 Å². The third-order valence-electron chi connectivity index (χ3n) is 5.55. The number of aryl methyl sites for hydroxylation is 1. The summed E-state index contributed by atoms with van der Waals surface area (Å²) >= 11 is 7.64. The van der Waals surface area contributed by atoms with E-state index in [0.717, 1.165) is 57.8 Å². The summed E-state index contributed by atoms with van der Waals surface area (Å²) < 4.78 is 6.08. The van der Waals surface area contributed by atoms with Crippen LogP contribution in [-0.4, -0.2) is 35.8 Å². The van der Waals surface area contributed by atoms with Crippen molar-refractivity contribution in [3.63, 3.8) is 0 Å². The lowest BCUT2D eigenvalue weighted by Crippen LogP contribution is -2.37. The van der Waals surface area contributed by atoms with E-state index in [2.05, 4.69) is 9.88 Å². The summed E-state index contributed by atoms with van der Waals surface area (Å²) in [6.45, 7) is 5.08. The molecular formula is C24H25ClN2O3S. The highest BCUT2D eigenvalue weighted by Gasteiger charge is 2.21. The molecule has 1 N–H and O–H groups in total. The molecule has 1 aliphatic heterocycles. The molecule has 1 saturated heterocycles. The van der Waals surface area contributed by atoms with Gasteiger partial charge in [0.25, 0.3) is 0 Å². The Labute approximate surface area is 191 Å². The fourth-order valence-electron chi connectivity index (χ4n) is 3.87. The van der Waals surface area contributed by atoms with Gasteiger partial charge in [0.2, 0.25) is 0 Å². The lowest BCUT2D eigenvalue weighted by atomic mass is 9.98. The molecule has 31 heavy (non-hydrogen) atoms. The molecule has 0 spiro atoms. The molecule has 1 fully saturated rings. The monoisotopic (exact) mass is 456 g/mol. The maximum atomic E-state index is 11.3. The van der Waals surface area contributed by atoms with Crippen molar-refractivity contribution in [2.24, 2.45) is 5.92 Å². The van der Waals surface area contributed by atoms with Crippen molar-refractivity contribution in [3.8, 4) is 10.6 Å². The minimum atomic E-state index is -0.892. The molecule has 2 aromatic carbocycles. The van der Waals surface area contributed by atoms with Gasteiger partial charge in [0, 0.05) is 29.4 Å². The van der Waals surface area contributed by atoms with E-state index >= 15 is 0 Å². The quantitative estimate of drug-likeness (QED) is 0.479. The zero-order valence-electron chi connectivity index (χ0n) is 17.4. The molecule has 4 rings (SSSR count). The number of aromatic carboxylic acids is 1. The molecule has 0 saturated carbocycles. The lowest BCUT2D eigenvalue weighted by Gasteiger charge is -2.34. The van der Waals surface area contributed by atoms with Crippen molar-refractivity contribution >= 4 is 34.6 Å². The van der Waals surface area contributed by atoms with Crippen LogP contribution >= 0.6 is 22.9 Å². The Morgan fingerprint density at radius 2 is 2.10 bits per heavy atom. The number of carboxylic acids is 1. The highest BCUT2D eigenvalue weighted by Crippen LogP contribution is 2.30. The van der Waals surface area contributed by atoms with Crippen LogP contribution in [0.2, 0.25) is 5.02 Å². The number of rotatable bonds is 7. The predicted octanol–water partition coefficient (Wildman–Crippen LogP) is 5.90. The standard InChI is InChI=1S/C24H25ClN2O3S/c1-16-22(31-23(26-16)18-7-9-20(25)10-8-18)15-30-14-17-4-3-11-27(13-17)21-6-2-5-19(12-21)24(28)29/h2,5-10,12,17H,3-4,11,13-15H2,1H3,(H,28,29)/t17-/m0/s1. The van der Waals surface area contributed by atoms with Gasteiger partial charge in [-0.1, -0.05) is 29.8 Å². The molecule has 0 radical (unpaired) electrons. The summed E-state index contributed by atoms with van der Waals surface area (Å²) in [6, 6.07) is 14.9. The number of thiazole rings is 1. The first-order valence-corrected chi connectivity index (χ1v) is 11.6. The van der Waals surface area contributed by atoms with Crippen LogP contribution < -0.4 is 4.90 Å². The Kier molecular flexibility index (Phi) is 6.90. The van der Waals surface area contributed by atoms with Gasteiger partial charge >= 0.3 is 5.97 Å². The van der Waals surface area contributed by atoms with Gasteiger partial charge in [-0.3, -0.25) is 0 Å². The third kappa shape index (κ3) is 5.45. The van der Waals surface area contributed by atoms with E-state index in [4.69, 9.17) is 16.3 Å². The minimum absolute atomic E-state index is 0.327. The summed E-state index contributed by atoms with van der Waals surface area (Å²) in [5.41, 5.74) is 3.37. The van der Waals surface area contributed by atoms with Gasteiger partial charge in [-0.15, -0.1) is 11.3 Å². The topological polar surface area (TPSA) is 62.7 Å². The van der Waals surface area contributed by atoms with Crippen LogP contribution in [0, 0.1) is 12.8 Å². The Morgan fingerprint density at radius 3 is 2.87 bits per heavy atom. The van der Waals surface area contributed by atoms with E-state index in [1.165, 1.54) is 0 Å². The van der Waals surface area contributed by atoms with E-state index in [0.29, 0.717) is 24.7 Å². The first-order valence-electron chi connectivity index (χ1n) is 10.4. The van der Waals surface area contributed by atoms with Crippen molar-refractivity contribution in [3.05, 3.63) is 69.7 Å². The van der Waals surface area contributed by atoms with Crippen LogP contribution in [0.15, 0.2) is 48.5 Å². The molecule has 0 bridgehead atoms. The van der Waals surface area contributed by atoms with E-state index in [1.807, 2.05) is 43.3 Å². The van der Waals surface area contributed by atoms with Gasteiger partial charge in [-0.25, -0.2) is 9.78 Å². The number of piperidine rings is 1. The molecule has 162 valence electrons. The van der Waals surface area contributed by atoms with E-state index in [-0.39, 0.29) is 0 Å². The lowest BCUT2D eigenvalue weighted by molar-refractivity contribution is 0.0696. The molecule has 3 aromatic rings. The second kappa shape index (κ2) is 9.81. The molecule has 0 aliphatic carbocycles. The van der Waals surface area contributed by atoms with E-state index < -0.39 is 5.97 Å². The minimum Gasteiger partial charge on any atom is -0.478 e. The highest BCUT2D eigenvalue weighted by atomic mass is 35.5. The summed E-state index contributed by atoms with van der Waals surface area (Å²) in [7, 11) is 0. The zero-order chi connectivity index (χ0) is 21.8. The van der Waals surface area contributed by atoms with Crippen molar-refractivity contribution < 1.29 is 14.6 Å². The van der Waals surface area contributed by atoms with Crippen molar-refractivity contribution in [2.45, 2.75) is 26.4 Å². The molecule has 0 amide bonds. The molecular weight excluding hydrogens is 432 g/mol. The Morgan fingerprint density at radius 1 is 1.29 bits per heavy atom. The summed E-state index contributed by atoms with van der Waals surface area (Å²) in [5.74, 6) is -0.470. The Hall–Kier alpha value is -2.41. The highest BCUT2D eigenvalue weighted by molar-refractivity contribution is 7.15. The number of aromatic nitrogens is 1. The predicted molar refractivity (Wildman–Crippen MR) is 125 cm³/mol. The molecule has 1 aliphatic rings. The first-order chi connectivity index (χ1) is 15.0. The van der Waals surface area contributed by atoms with Gasteiger partial charge in [-0.2, -0.15) is 0 Å². The SMILES string of the molecule is Cc1nc(-c2ccc(Cl)cc2)sc1COC[C@H]1CCCN(c2cccc(C(=O)O)c2)C1. The molecule has 1 aromatic heterocycles. The first kappa shape index (κ1) is 21.8. The molecule has 7 heteroatoms. The molecule has 2 heterocycles. The average molecular weight is 457 g/mol. The largest absolute Gasteiger partial charge is 0.478 e. The number of benzene rings is 2. The second-order valence-electron chi connectivity index (χ2n) is 7.86. The normalized spacial score (nSPS) is 16.5. The smallest absolute Gasteiger partial charge is 0.335 e. The fraction of sp³-hybridized carbons (Fsp3) is 0.333. The van der Waals surface area contributed by atoms with Crippen molar-refractivity contribution in [1.82, 2.24) is 4.98 Å². The number of nitrogens with zero attached hydrogens (tertiary/aromatic N) is 2. The van der Waals surface area contributed by atoms with Crippen LogP contribution in [0.5, 0.6) is 0 Å². The molecule has 1 atom stereocenters. The number of carboxylic acid groups (broad SMARTS) is 1. The van der Waals surface area contributed by atoms with Gasteiger partial charge in [-0.05, 0) is 56.0 Å². The van der Waals surface area contributed by atoms with Crippen molar-refractivity contribution in [2.75, 3.05) is 24.6 Å². The van der Waals surface area contributed by atoms with Crippen LogP contribution in [0.1, 0.15) is 33.8 Å².